The van der Waals surface area contributed by atoms with Crippen molar-refractivity contribution in [1.82, 2.24) is 5.32 Å². The highest BCUT2D eigenvalue weighted by molar-refractivity contribution is 7.80. The topological polar surface area (TPSA) is 56.7 Å². The number of aliphatic imine (C=N–C) groups is 1. The number of hydrogen-bond donors (Lipinski definition) is 2. The molecule has 2 aromatic rings. The molecule has 2 N–H and O–H groups in total. The minimum atomic E-state index is -4.46. The van der Waals surface area contributed by atoms with E-state index in [1.807, 2.05) is 24.3 Å². The molecule has 2 aliphatic rings. The lowest BCUT2D eigenvalue weighted by Gasteiger charge is -2.25. The fourth-order valence-electron chi connectivity index (χ4n) is 4.41. The van der Waals surface area contributed by atoms with Crippen LogP contribution in [0.25, 0.3) is 0 Å². The van der Waals surface area contributed by atoms with Crippen LogP contribution in [0.1, 0.15) is 43.2 Å². The van der Waals surface area contributed by atoms with Gasteiger partial charge in [0.1, 0.15) is 0 Å². The predicted octanol–water partition coefficient (Wildman–Crippen LogP) is 5.36. The van der Waals surface area contributed by atoms with E-state index in [2.05, 4.69) is 10.6 Å². The maximum Gasteiger partial charge on any atom is 0.416 e. The van der Waals surface area contributed by atoms with Gasteiger partial charge in [-0.05, 0) is 49.3 Å². The lowest BCUT2D eigenvalue weighted by Crippen LogP contribution is -2.47. The number of hydrogen-bond acceptors (Lipinski definition) is 3. The van der Waals surface area contributed by atoms with E-state index < -0.39 is 17.9 Å². The van der Waals surface area contributed by atoms with Crippen LogP contribution >= 0.6 is 12.2 Å². The van der Waals surface area contributed by atoms with Crippen LogP contribution < -0.4 is 15.5 Å². The number of fused-ring (bicyclic) bond motifs is 1. The van der Waals surface area contributed by atoms with Crippen LogP contribution in [0.3, 0.4) is 0 Å². The molecular weight excluding hydrogens is 449 g/mol. The number of thiocarbonyl (C=S) groups is 1. The second kappa shape index (κ2) is 9.51. The van der Waals surface area contributed by atoms with E-state index in [4.69, 9.17) is 17.2 Å². The highest BCUT2D eigenvalue weighted by Gasteiger charge is 2.33. The van der Waals surface area contributed by atoms with Crippen molar-refractivity contribution in [3.63, 3.8) is 0 Å². The molecule has 174 valence electrons. The Morgan fingerprint density at radius 3 is 2.55 bits per heavy atom. The smallest absolute Gasteiger partial charge is 0.333 e. The summed E-state index contributed by atoms with van der Waals surface area (Å²) in [5.74, 6) is -0.0463. The SMILES string of the molecule is CN1C(=O)C(NC(=S)Nc2cccc(C(F)(F)F)c2)N=C(C2CCCCC2)c2ccccc21. The zero-order chi connectivity index (χ0) is 23.6. The van der Waals surface area contributed by atoms with E-state index in [1.165, 1.54) is 18.6 Å². The minimum Gasteiger partial charge on any atom is -0.333 e. The molecule has 1 unspecified atom stereocenters. The first kappa shape index (κ1) is 23.2. The molecule has 1 amide bonds. The van der Waals surface area contributed by atoms with Gasteiger partial charge in [0.05, 0.1) is 17.0 Å². The van der Waals surface area contributed by atoms with Crippen molar-refractivity contribution >= 4 is 40.3 Å². The summed E-state index contributed by atoms with van der Waals surface area (Å²) in [6.45, 7) is 0. The summed E-state index contributed by atoms with van der Waals surface area (Å²) in [7, 11) is 1.69. The summed E-state index contributed by atoms with van der Waals surface area (Å²) >= 11 is 5.33. The third-order valence-corrected chi connectivity index (χ3v) is 6.30. The van der Waals surface area contributed by atoms with Gasteiger partial charge in [0.25, 0.3) is 5.91 Å². The number of para-hydroxylation sites is 1. The Bertz CT molecular complexity index is 1080. The Morgan fingerprint density at radius 1 is 1.09 bits per heavy atom. The number of anilines is 2. The molecule has 1 aliphatic heterocycles. The average Bonchev–Trinajstić information content (AvgIpc) is 2.90. The number of likely N-dealkylation sites (N-methyl/N-ethyl adjacent to an activating group) is 1. The number of rotatable bonds is 3. The van der Waals surface area contributed by atoms with Gasteiger partial charge < -0.3 is 15.5 Å². The van der Waals surface area contributed by atoms with Gasteiger partial charge in [-0.25, -0.2) is 0 Å². The quantitative estimate of drug-likeness (QED) is 0.588. The third kappa shape index (κ3) is 5.19. The Kier molecular flexibility index (Phi) is 6.69. The van der Waals surface area contributed by atoms with Gasteiger partial charge in [-0.3, -0.25) is 9.79 Å². The maximum atomic E-state index is 13.2. The number of nitrogens with zero attached hydrogens (tertiary/aromatic N) is 2. The van der Waals surface area contributed by atoms with E-state index >= 15 is 0 Å². The third-order valence-electron chi connectivity index (χ3n) is 6.08. The number of carbonyl (C=O) groups excluding carboxylic acids is 1. The Labute approximate surface area is 196 Å². The lowest BCUT2D eigenvalue weighted by molar-refractivity contribution is -0.137. The predicted molar refractivity (Wildman–Crippen MR) is 128 cm³/mol. The van der Waals surface area contributed by atoms with Crippen molar-refractivity contribution in [3.05, 3.63) is 59.7 Å². The van der Waals surface area contributed by atoms with Gasteiger partial charge >= 0.3 is 6.18 Å². The Balaban J connectivity index is 1.60. The van der Waals surface area contributed by atoms with Crippen molar-refractivity contribution in [1.29, 1.82) is 0 Å². The summed E-state index contributed by atoms with van der Waals surface area (Å²) in [5, 5.41) is 5.69. The molecule has 9 heteroatoms. The summed E-state index contributed by atoms with van der Waals surface area (Å²) in [6, 6.07) is 12.4. The zero-order valence-corrected chi connectivity index (χ0v) is 19.0. The van der Waals surface area contributed by atoms with Gasteiger partial charge in [0.2, 0.25) is 6.17 Å². The monoisotopic (exact) mass is 474 g/mol. The number of benzodiazepines with no additional fused rings is 1. The molecule has 0 bridgehead atoms. The standard InChI is InChI=1S/C24H25F3N4OS/c1-31-19-13-6-5-12-18(19)20(15-8-3-2-4-9-15)29-21(22(31)32)30-23(33)28-17-11-7-10-16(14-17)24(25,26)27/h5-7,10-15,21H,2-4,8-9H2,1H3,(H2,28,30,33). The molecule has 1 fully saturated rings. The second-order valence-corrected chi connectivity index (χ2v) is 8.75. The second-order valence-electron chi connectivity index (χ2n) is 8.34. The average molecular weight is 475 g/mol. The first-order valence-electron chi connectivity index (χ1n) is 10.9. The van der Waals surface area contributed by atoms with Crippen molar-refractivity contribution in [2.24, 2.45) is 10.9 Å². The molecule has 33 heavy (non-hydrogen) atoms. The molecule has 0 saturated heterocycles. The van der Waals surface area contributed by atoms with E-state index in [1.54, 1.807) is 11.9 Å². The van der Waals surface area contributed by atoms with E-state index in [9.17, 15) is 18.0 Å². The van der Waals surface area contributed by atoms with Crippen LogP contribution in [0, 0.1) is 5.92 Å². The van der Waals surface area contributed by atoms with Gasteiger partial charge in [-0.2, -0.15) is 13.2 Å². The molecule has 1 atom stereocenters. The highest BCUT2D eigenvalue weighted by Crippen LogP contribution is 2.33. The number of carbonyl (C=O) groups is 1. The maximum absolute atomic E-state index is 13.2. The van der Waals surface area contributed by atoms with E-state index in [0.29, 0.717) is 0 Å². The summed E-state index contributed by atoms with van der Waals surface area (Å²) in [5.41, 5.74) is 1.99. The number of amides is 1. The Morgan fingerprint density at radius 2 is 1.82 bits per heavy atom. The van der Waals surface area contributed by atoms with Crippen LogP contribution in [-0.4, -0.2) is 29.9 Å². The number of alkyl halides is 3. The molecule has 5 nitrogen and oxygen atoms in total. The van der Waals surface area contributed by atoms with Crippen LogP contribution in [0.15, 0.2) is 53.5 Å². The van der Waals surface area contributed by atoms with Crippen molar-refractivity contribution in [2.45, 2.75) is 44.4 Å². The van der Waals surface area contributed by atoms with Crippen LogP contribution in [-0.2, 0) is 11.0 Å². The molecule has 1 heterocycles. The van der Waals surface area contributed by atoms with Crippen LogP contribution in [0.2, 0.25) is 0 Å². The summed E-state index contributed by atoms with van der Waals surface area (Å²) in [6.07, 6.45) is -0.0126. The number of nitrogens with one attached hydrogen (secondary N) is 2. The molecular formula is C24H25F3N4OS. The van der Waals surface area contributed by atoms with Gasteiger partial charge in [-0.1, -0.05) is 43.5 Å². The molecule has 1 aliphatic carbocycles. The number of halogens is 3. The fourth-order valence-corrected chi connectivity index (χ4v) is 4.64. The highest BCUT2D eigenvalue weighted by atomic mass is 32.1. The minimum absolute atomic E-state index is 0.0266. The van der Waals surface area contributed by atoms with Crippen molar-refractivity contribution < 1.29 is 18.0 Å². The number of benzene rings is 2. The molecule has 0 spiro atoms. The van der Waals surface area contributed by atoms with Crippen LogP contribution in [0.5, 0.6) is 0 Å². The first-order chi connectivity index (χ1) is 15.7. The van der Waals surface area contributed by atoms with E-state index in [0.717, 1.165) is 54.8 Å². The van der Waals surface area contributed by atoms with E-state index in [-0.39, 0.29) is 22.6 Å². The largest absolute Gasteiger partial charge is 0.416 e. The molecule has 0 radical (unpaired) electrons. The van der Waals surface area contributed by atoms with Crippen molar-refractivity contribution in [2.75, 3.05) is 17.3 Å². The van der Waals surface area contributed by atoms with Crippen LogP contribution in [0.4, 0.5) is 24.5 Å². The molecule has 2 aromatic carbocycles. The first-order valence-corrected chi connectivity index (χ1v) is 11.3. The van der Waals surface area contributed by atoms with Gasteiger partial charge in [-0.15, -0.1) is 0 Å². The molecule has 1 saturated carbocycles. The summed E-state index contributed by atoms with van der Waals surface area (Å²) in [4.78, 5) is 19.6. The molecule has 0 aromatic heterocycles. The fraction of sp³-hybridized carbons (Fsp3) is 0.375. The summed E-state index contributed by atoms with van der Waals surface area (Å²) < 4.78 is 39.1. The lowest BCUT2D eigenvalue weighted by atomic mass is 9.83. The van der Waals surface area contributed by atoms with Gasteiger partial charge in [0, 0.05) is 24.2 Å². The van der Waals surface area contributed by atoms with Crippen molar-refractivity contribution in [3.8, 4) is 0 Å². The molecule has 4 rings (SSSR count). The normalized spacial score (nSPS) is 19.4. The zero-order valence-electron chi connectivity index (χ0n) is 18.2. The Hall–Kier alpha value is -2.94. The van der Waals surface area contributed by atoms with Gasteiger partial charge in [0.15, 0.2) is 5.11 Å².